The molecule has 0 radical (unpaired) electrons. The number of aliphatic hydroxyl groups excluding tert-OH is 5. The third kappa shape index (κ3) is 3.22. The zero-order valence-corrected chi connectivity index (χ0v) is 14.1. The van der Waals surface area contributed by atoms with E-state index in [2.05, 4.69) is 0 Å². The fourth-order valence-electron chi connectivity index (χ4n) is 3.99. The van der Waals surface area contributed by atoms with Crippen molar-refractivity contribution in [3.05, 3.63) is 11.8 Å². The minimum Gasteiger partial charge on any atom is -0.478 e. The van der Waals surface area contributed by atoms with Crippen molar-refractivity contribution in [1.29, 1.82) is 0 Å². The molecule has 0 unspecified atom stereocenters. The highest BCUT2D eigenvalue weighted by molar-refractivity contribution is 5.87. The maximum absolute atomic E-state index is 11.4. The van der Waals surface area contributed by atoms with Crippen LogP contribution >= 0.6 is 0 Å². The van der Waals surface area contributed by atoms with Crippen LogP contribution in [0.2, 0.25) is 0 Å². The molecule has 1 saturated carbocycles. The number of fused-ring (bicyclic) bond motifs is 1. The summed E-state index contributed by atoms with van der Waals surface area (Å²) >= 11 is 0. The smallest absolute Gasteiger partial charge is 0.334 e. The molecule has 10 nitrogen and oxygen atoms in total. The average Bonchev–Trinajstić information content (AvgIpc) is 2.90. The lowest BCUT2D eigenvalue weighted by atomic mass is 9.83. The van der Waals surface area contributed by atoms with Crippen molar-refractivity contribution in [2.45, 2.75) is 56.4 Å². The molecule has 2 aliphatic heterocycles. The van der Waals surface area contributed by atoms with Gasteiger partial charge >= 0.3 is 5.97 Å². The van der Waals surface area contributed by atoms with Gasteiger partial charge in [-0.15, -0.1) is 0 Å². The Bertz CT molecular complexity index is 563. The molecule has 0 amide bonds. The molecule has 0 aromatic carbocycles. The third-order valence-corrected chi connectivity index (χ3v) is 5.58. The van der Waals surface area contributed by atoms with Crippen LogP contribution < -0.4 is 0 Å². The van der Waals surface area contributed by atoms with Gasteiger partial charge in [-0.2, -0.15) is 0 Å². The maximum Gasteiger partial charge on any atom is 0.334 e. The largest absolute Gasteiger partial charge is 0.478 e. The molecule has 0 aromatic heterocycles. The van der Waals surface area contributed by atoms with E-state index in [0.29, 0.717) is 0 Å². The fraction of sp³-hybridized carbons (Fsp3) is 0.812. The number of carbonyl (C=O) groups is 1. The first kappa shape index (κ1) is 19.5. The van der Waals surface area contributed by atoms with Crippen LogP contribution in [0.3, 0.4) is 0 Å². The molecule has 26 heavy (non-hydrogen) atoms. The third-order valence-electron chi connectivity index (χ3n) is 5.58. The van der Waals surface area contributed by atoms with Crippen molar-refractivity contribution in [3.63, 3.8) is 0 Å². The molecule has 10 atom stereocenters. The first-order valence-corrected chi connectivity index (χ1v) is 8.49. The number of aliphatic carboxylic acids is 1. The van der Waals surface area contributed by atoms with Crippen LogP contribution in [0.5, 0.6) is 0 Å². The van der Waals surface area contributed by atoms with Gasteiger partial charge in [0, 0.05) is 11.8 Å². The Labute approximate surface area is 149 Å². The molecule has 3 rings (SSSR count). The zero-order chi connectivity index (χ0) is 19.2. The topological polar surface area (TPSA) is 166 Å². The summed E-state index contributed by atoms with van der Waals surface area (Å²) in [5.41, 5.74) is 0.0343. The fourth-order valence-corrected chi connectivity index (χ4v) is 3.99. The van der Waals surface area contributed by atoms with E-state index in [1.807, 2.05) is 0 Å². The van der Waals surface area contributed by atoms with Gasteiger partial charge in [0.05, 0.1) is 24.5 Å². The molecule has 2 heterocycles. The average molecular weight is 376 g/mol. The van der Waals surface area contributed by atoms with Gasteiger partial charge in [0.1, 0.15) is 24.4 Å². The van der Waals surface area contributed by atoms with Gasteiger partial charge in [-0.3, -0.25) is 0 Å². The highest BCUT2D eigenvalue weighted by Gasteiger charge is 2.53. The van der Waals surface area contributed by atoms with Crippen LogP contribution in [0.4, 0.5) is 0 Å². The van der Waals surface area contributed by atoms with Crippen molar-refractivity contribution < 1.29 is 49.6 Å². The van der Waals surface area contributed by atoms with Crippen molar-refractivity contribution in [2.24, 2.45) is 17.8 Å². The molecule has 0 aromatic rings. The zero-order valence-electron chi connectivity index (χ0n) is 14.1. The molecule has 3 aliphatic rings. The lowest BCUT2D eigenvalue weighted by molar-refractivity contribution is -0.342. The second-order valence-corrected chi connectivity index (χ2v) is 7.06. The number of aliphatic hydroxyl groups is 5. The van der Waals surface area contributed by atoms with E-state index in [1.54, 1.807) is 6.92 Å². The summed E-state index contributed by atoms with van der Waals surface area (Å²) < 4.78 is 16.3. The van der Waals surface area contributed by atoms with Crippen LogP contribution in [0.15, 0.2) is 11.8 Å². The summed E-state index contributed by atoms with van der Waals surface area (Å²) in [4.78, 5) is 11.4. The summed E-state index contributed by atoms with van der Waals surface area (Å²) in [5, 5.41) is 58.5. The maximum atomic E-state index is 11.4. The molecule has 10 heteroatoms. The van der Waals surface area contributed by atoms with E-state index >= 15 is 0 Å². The van der Waals surface area contributed by atoms with Gasteiger partial charge in [0.15, 0.2) is 6.29 Å². The molecule has 0 spiro atoms. The predicted octanol–water partition coefficient (Wildman–Crippen LogP) is -2.24. The molecule has 148 valence electrons. The van der Waals surface area contributed by atoms with Crippen LogP contribution in [0.25, 0.3) is 0 Å². The van der Waals surface area contributed by atoms with E-state index in [4.69, 9.17) is 14.2 Å². The first-order chi connectivity index (χ1) is 12.3. The summed E-state index contributed by atoms with van der Waals surface area (Å²) in [7, 11) is 0. The van der Waals surface area contributed by atoms with Crippen molar-refractivity contribution in [3.8, 4) is 0 Å². The summed E-state index contributed by atoms with van der Waals surface area (Å²) in [6.45, 7) is 1.15. The number of hydrogen-bond donors (Lipinski definition) is 6. The van der Waals surface area contributed by atoms with Gasteiger partial charge < -0.3 is 44.8 Å². The molecule has 1 saturated heterocycles. The number of hydrogen-bond acceptors (Lipinski definition) is 9. The molecular formula is C16H24O10. The summed E-state index contributed by atoms with van der Waals surface area (Å²) in [6, 6.07) is 0. The standard InChI is InChI=1S/C16H24O10/c1-5-8(18)2-6-7(14(22)23)4-24-15(10(5)6)26-16-13(21)12(20)11(19)9(3-17)25-16/h4-6,8-13,15-21H,2-3H2,1H3,(H,22,23)/t5-,6+,8-,9-,10+,11+,12-,13-,15-,16-/m0/s1. The second-order valence-electron chi connectivity index (χ2n) is 7.06. The number of carboxylic acid groups (broad SMARTS) is 1. The van der Waals surface area contributed by atoms with E-state index in [1.165, 1.54) is 0 Å². The Hall–Kier alpha value is -1.27. The minimum atomic E-state index is -1.60. The van der Waals surface area contributed by atoms with Crippen molar-refractivity contribution >= 4 is 5.97 Å². The van der Waals surface area contributed by atoms with E-state index in [9.17, 15) is 35.4 Å². The van der Waals surface area contributed by atoms with Crippen LogP contribution in [-0.4, -0.2) is 86.3 Å². The monoisotopic (exact) mass is 376 g/mol. The molecule has 2 fully saturated rings. The lowest BCUT2D eigenvalue weighted by Crippen LogP contribution is -2.60. The first-order valence-electron chi connectivity index (χ1n) is 8.49. The number of carboxylic acids is 1. The van der Waals surface area contributed by atoms with E-state index < -0.39 is 67.5 Å². The highest BCUT2D eigenvalue weighted by Crippen LogP contribution is 2.47. The minimum absolute atomic E-state index is 0.0343. The van der Waals surface area contributed by atoms with Gasteiger partial charge in [-0.25, -0.2) is 4.79 Å². The highest BCUT2D eigenvalue weighted by atomic mass is 16.8. The Morgan fingerprint density at radius 2 is 1.88 bits per heavy atom. The van der Waals surface area contributed by atoms with Crippen LogP contribution in [0.1, 0.15) is 13.3 Å². The van der Waals surface area contributed by atoms with E-state index in [-0.39, 0.29) is 17.9 Å². The van der Waals surface area contributed by atoms with Crippen LogP contribution in [-0.2, 0) is 19.0 Å². The Balaban J connectivity index is 1.79. The number of rotatable bonds is 4. The van der Waals surface area contributed by atoms with Crippen LogP contribution in [0, 0.1) is 17.8 Å². The van der Waals surface area contributed by atoms with E-state index in [0.717, 1.165) is 6.26 Å². The van der Waals surface area contributed by atoms with Crippen molar-refractivity contribution in [1.82, 2.24) is 0 Å². The Kier molecular flexibility index (Phi) is 5.54. The number of ether oxygens (including phenoxy) is 3. The molecular weight excluding hydrogens is 352 g/mol. The summed E-state index contributed by atoms with van der Waals surface area (Å²) in [6.07, 6.45) is -7.71. The quantitative estimate of drug-likeness (QED) is 0.316. The van der Waals surface area contributed by atoms with Gasteiger partial charge in [-0.1, -0.05) is 6.92 Å². The second kappa shape index (κ2) is 7.39. The Morgan fingerprint density at radius 1 is 1.19 bits per heavy atom. The normalized spacial score (nSPS) is 48.5. The Morgan fingerprint density at radius 3 is 2.50 bits per heavy atom. The van der Waals surface area contributed by atoms with Gasteiger partial charge in [0.25, 0.3) is 0 Å². The van der Waals surface area contributed by atoms with Crippen molar-refractivity contribution in [2.75, 3.05) is 6.61 Å². The van der Waals surface area contributed by atoms with Gasteiger partial charge in [-0.05, 0) is 12.3 Å². The van der Waals surface area contributed by atoms with Gasteiger partial charge in [0.2, 0.25) is 6.29 Å². The molecule has 0 bridgehead atoms. The predicted molar refractivity (Wildman–Crippen MR) is 82.2 cm³/mol. The molecule has 1 aliphatic carbocycles. The molecule has 6 N–H and O–H groups in total. The summed E-state index contributed by atoms with van der Waals surface area (Å²) in [5.74, 6) is -2.49. The lowest BCUT2D eigenvalue weighted by Gasteiger charge is -2.43. The SMILES string of the molecule is C[C@@H]1[C@H]2[C@H](O[C@@H]3O[C@@H](CO)[C@@H](O)[C@H](O)[C@@H]3O)OC=C(C(=O)O)[C@H]2C[C@@H]1O.